The second-order valence-electron chi connectivity index (χ2n) is 6.93. The number of anilines is 1. The molecule has 2 N–H and O–H groups in total. The molecule has 26 heavy (non-hydrogen) atoms. The van der Waals surface area contributed by atoms with Crippen LogP contribution in [0.1, 0.15) is 29.5 Å². The Kier molecular flexibility index (Phi) is 5.00. The van der Waals surface area contributed by atoms with Gasteiger partial charge >= 0.3 is 0 Å². The van der Waals surface area contributed by atoms with Crippen molar-refractivity contribution in [2.24, 2.45) is 0 Å². The number of rotatable bonds is 5. The standard InChI is InChI=1S/C21H23N3OS/c1-2-11-24-12-10-18-19(14-24)26-21(22-18)23-20(25)13-16-8-5-7-15-6-3-4-9-17(15)16/h3-9H,2,10-14H2,1H3,(H,22,23,25)/p+1. The van der Waals surface area contributed by atoms with E-state index in [-0.39, 0.29) is 5.91 Å². The lowest BCUT2D eigenvalue weighted by molar-refractivity contribution is -0.915. The fraction of sp³-hybridized carbons (Fsp3) is 0.333. The minimum atomic E-state index is 0.00483. The molecule has 0 fully saturated rings. The van der Waals surface area contributed by atoms with E-state index in [1.807, 2.05) is 24.3 Å². The van der Waals surface area contributed by atoms with E-state index in [9.17, 15) is 4.79 Å². The lowest BCUT2D eigenvalue weighted by Gasteiger charge is -2.22. The molecule has 1 unspecified atom stereocenters. The van der Waals surface area contributed by atoms with Crippen LogP contribution < -0.4 is 10.2 Å². The van der Waals surface area contributed by atoms with Crippen LogP contribution in [0.25, 0.3) is 10.8 Å². The Morgan fingerprint density at radius 1 is 1.23 bits per heavy atom. The molecule has 0 aliphatic carbocycles. The van der Waals surface area contributed by atoms with Crippen LogP contribution in [-0.2, 0) is 24.2 Å². The summed E-state index contributed by atoms with van der Waals surface area (Å²) < 4.78 is 0. The summed E-state index contributed by atoms with van der Waals surface area (Å²) in [5.41, 5.74) is 2.23. The van der Waals surface area contributed by atoms with Gasteiger partial charge in [0.25, 0.3) is 0 Å². The van der Waals surface area contributed by atoms with Gasteiger partial charge in [0.2, 0.25) is 5.91 Å². The summed E-state index contributed by atoms with van der Waals surface area (Å²) in [6.07, 6.45) is 2.59. The highest BCUT2D eigenvalue weighted by Crippen LogP contribution is 2.25. The van der Waals surface area contributed by atoms with Gasteiger partial charge in [-0.05, 0) is 22.8 Å². The molecule has 1 aromatic heterocycles. The van der Waals surface area contributed by atoms with Crippen LogP contribution >= 0.6 is 11.3 Å². The molecule has 1 aliphatic heterocycles. The molecule has 4 nitrogen and oxygen atoms in total. The fourth-order valence-electron chi connectivity index (χ4n) is 3.73. The Bertz CT molecular complexity index is 929. The van der Waals surface area contributed by atoms with Crippen LogP contribution in [0.15, 0.2) is 42.5 Å². The van der Waals surface area contributed by atoms with Gasteiger partial charge in [-0.3, -0.25) is 4.79 Å². The van der Waals surface area contributed by atoms with Crippen molar-refractivity contribution in [2.45, 2.75) is 32.7 Å². The number of nitrogens with one attached hydrogen (secondary N) is 2. The SMILES string of the molecule is CCC[NH+]1CCc2nc(NC(=O)Cc3cccc4ccccc34)sc2C1. The molecule has 0 saturated carbocycles. The van der Waals surface area contributed by atoms with Crippen molar-refractivity contribution >= 4 is 33.1 Å². The second-order valence-corrected chi connectivity index (χ2v) is 8.01. The molecule has 1 atom stereocenters. The summed E-state index contributed by atoms with van der Waals surface area (Å²) in [6.45, 7) is 5.63. The Hall–Kier alpha value is -2.24. The molecule has 1 aliphatic rings. The smallest absolute Gasteiger partial charge is 0.230 e. The van der Waals surface area contributed by atoms with Crippen LogP contribution in [0.5, 0.6) is 0 Å². The summed E-state index contributed by atoms with van der Waals surface area (Å²) in [4.78, 5) is 20.2. The number of thiazole rings is 1. The second kappa shape index (κ2) is 7.56. The predicted molar refractivity (Wildman–Crippen MR) is 107 cm³/mol. The molecule has 0 radical (unpaired) electrons. The molecule has 0 saturated heterocycles. The Morgan fingerprint density at radius 3 is 2.96 bits per heavy atom. The molecule has 0 spiro atoms. The predicted octanol–water partition coefficient (Wildman–Crippen LogP) is 2.83. The van der Waals surface area contributed by atoms with Gasteiger partial charge in [0.05, 0.1) is 30.1 Å². The van der Waals surface area contributed by atoms with Gasteiger partial charge in [-0.2, -0.15) is 0 Å². The molecule has 2 heterocycles. The number of amides is 1. The normalized spacial score (nSPS) is 16.4. The lowest BCUT2D eigenvalue weighted by atomic mass is 10.0. The van der Waals surface area contributed by atoms with Crippen molar-refractivity contribution in [2.75, 3.05) is 18.4 Å². The molecule has 3 aromatic rings. The van der Waals surface area contributed by atoms with E-state index in [1.165, 1.54) is 28.9 Å². The van der Waals surface area contributed by atoms with E-state index in [4.69, 9.17) is 0 Å². The number of hydrogen-bond acceptors (Lipinski definition) is 3. The van der Waals surface area contributed by atoms with Gasteiger partial charge in [0.1, 0.15) is 6.54 Å². The largest absolute Gasteiger partial charge is 0.330 e. The van der Waals surface area contributed by atoms with Crippen LogP contribution in [0.2, 0.25) is 0 Å². The van der Waals surface area contributed by atoms with Crippen molar-refractivity contribution < 1.29 is 9.69 Å². The van der Waals surface area contributed by atoms with Crippen LogP contribution in [-0.4, -0.2) is 24.0 Å². The Labute approximate surface area is 157 Å². The summed E-state index contributed by atoms with van der Waals surface area (Å²) in [5.74, 6) is 0.00483. The molecule has 4 rings (SSSR count). The minimum absolute atomic E-state index is 0.00483. The van der Waals surface area contributed by atoms with Gasteiger partial charge in [0.15, 0.2) is 5.13 Å². The molecule has 5 heteroatoms. The number of benzene rings is 2. The van der Waals surface area contributed by atoms with E-state index in [1.54, 1.807) is 16.2 Å². The van der Waals surface area contributed by atoms with Gasteiger partial charge in [-0.1, -0.05) is 60.7 Å². The quantitative estimate of drug-likeness (QED) is 0.729. The molecule has 134 valence electrons. The first-order valence-electron chi connectivity index (χ1n) is 9.31. The zero-order valence-electron chi connectivity index (χ0n) is 15.0. The van der Waals surface area contributed by atoms with E-state index in [2.05, 4.69) is 35.4 Å². The third kappa shape index (κ3) is 3.64. The first-order chi connectivity index (χ1) is 12.7. The van der Waals surface area contributed by atoms with Crippen molar-refractivity contribution in [3.63, 3.8) is 0 Å². The fourth-order valence-corrected chi connectivity index (χ4v) is 4.83. The number of fused-ring (bicyclic) bond motifs is 2. The maximum absolute atomic E-state index is 12.6. The monoisotopic (exact) mass is 366 g/mol. The van der Waals surface area contributed by atoms with E-state index in [0.717, 1.165) is 35.6 Å². The Balaban J connectivity index is 1.46. The van der Waals surface area contributed by atoms with Crippen molar-refractivity contribution in [1.29, 1.82) is 0 Å². The van der Waals surface area contributed by atoms with Crippen LogP contribution in [0.4, 0.5) is 5.13 Å². The van der Waals surface area contributed by atoms with Crippen molar-refractivity contribution in [3.05, 3.63) is 58.6 Å². The number of carbonyl (C=O) groups excluding carboxylic acids is 1. The van der Waals surface area contributed by atoms with Crippen LogP contribution in [0, 0.1) is 0 Å². The zero-order valence-corrected chi connectivity index (χ0v) is 15.9. The van der Waals surface area contributed by atoms with E-state index >= 15 is 0 Å². The maximum Gasteiger partial charge on any atom is 0.230 e. The number of hydrogen-bond donors (Lipinski definition) is 2. The van der Waals surface area contributed by atoms with Gasteiger partial charge < -0.3 is 10.2 Å². The summed E-state index contributed by atoms with van der Waals surface area (Å²) >= 11 is 1.64. The number of carbonyl (C=O) groups is 1. The lowest BCUT2D eigenvalue weighted by Crippen LogP contribution is -3.11. The molecular weight excluding hydrogens is 342 g/mol. The van der Waals surface area contributed by atoms with Gasteiger partial charge in [-0.25, -0.2) is 4.98 Å². The summed E-state index contributed by atoms with van der Waals surface area (Å²) in [5, 5.41) is 6.08. The average molecular weight is 367 g/mol. The average Bonchev–Trinajstić information content (AvgIpc) is 3.03. The highest BCUT2D eigenvalue weighted by Gasteiger charge is 2.23. The number of aromatic nitrogens is 1. The number of quaternary nitrogens is 1. The molecule has 2 aromatic carbocycles. The Morgan fingerprint density at radius 2 is 2.08 bits per heavy atom. The van der Waals surface area contributed by atoms with Gasteiger partial charge in [-0.15, -0.1) is 0 Å². The highest BCUT2D eigenvalue weighted by molar-refractivity contribution is 7.15. The van der Waals surface area contributed by atoms with E-state index in [0.29, 0.717) is 6.42 Å². The first-order valence-corrected chi connectivity index (χ1v) is 10.1. The minimum Gasteiger partial charge on any atom is -0.330 e. The van der Waals surface area contributed by atoms with Crippen molar-refractivity contribution in [3.8, 4) is 0 Å². The van der Waals surface area contributed by atoms with Gasteiger partial charge in [0, 0.05) is 6.42 Å². The first kappa shape index (κ1) is 17.2. The highest BCUT2D eigenvalue weighted by atomic mass is 32.1. The maximum atomic E-state index is 12.6. The van der Waals surface area contributed by atoms with Crippen LogP contribution in [0.3, 0.4) is 0 Å². The topological polar surface area (TPSA) is 46.4 Å². The summed E-state index contributed by atoms with van der Waals surface area (Å²) in [7, 11) is 0. The van der Waals surface area contributed by atoms with Crippen molar-refractivity contribution in [1.82, 2.24) is 4.98 Å². The van der Waals surface area contributed by atoms with E-state index < -0.39 is 0 Å². The third-order valence-corrected chi connectivity index (χ3v) is 6.00. The summed E-state index contributed by atoms with van der Waals surface area (Å²) in [6, 6.07) is 14.3. The third-order valence-electron chi connectivity index (χ3n) is 4.99. The molecule has 0 bridgehead atoms. The molecule has 1 amide bonds. The zero-order chi connectivity index (χ0) is 17.9. The molecular formula is C21H24N3OS+. The number of nitrogens with zero attached hydrogens (tertiary/aromatic N) is 1.